The summed E-state index contributed by atoms with van der Waals surface area (Å²) in [5.74, 6) is 1.39. The van der Waals surface area contributed by atoms with E-state index in [0.29, 0.717) is 17.1 Å². The van der Waals surface area contributed by atoms with E-state index in [2.05, 4.69) is 36.7 Å². The van der Waals surface area contributed by atoms with E-state index in [4.69, 9.17) is 4.42 Å². The lowest BCUT2D eigenvalue weighted by Gasteiger charge is -2.30. The second-order valence-electron chi connectivity index (χ2n) is 6.62. The van der Waals surface area contributed by atoms with Crippen molar-refractivity contribution < 1.29 is 9.52 Å². The van der Waals surface area contributed by atoms with Gasteiger partial charge in [-0.25, -0.2) is 0 Å². The molecule has 1 saturated carbocycles. The fourth-order valence-corrected chi connectivity index (χ4v) is 3.61. The molecule has 1 aromatic rings. The van der Waals surface area contributed by atoms with Crippen molar-refractivity contribution in [2.75, 3.05) is 0 Å². The normalized spacial score (nSPS) is 30.2. The molecule has 102 valence electrons. The first-order chi connectivity index (χ1) is 8.33. The first-order valence-electron chi connectivity index (χ1n) is 6.79. The van der Waals surface area contributed by atoms with Crippen LogP contribution >= 0.6 is 15.9 Å². The molecule has 0 spiro atoms. The second kappa shape index (κ2) is 5.01. The summed E-state index contributed by atoms with van der Waals surface area (Å²) in [6.07, 6.45) is 6.55. The van der Waals surface area contributed by atoms with Crippen LogP contribution in [0.25, 0.3) is 0 Å². The van der Waals surface area contributed by atoms with Gasteiger partial charge >= 0.3 is 0 Å². The summed E-state index contributed by atoms with van der Waals surface area (Å²) in [4.78, 5) is 0. The van der Waals surface area contributed by atoms with Gasteiger partial charge < -0.3 is 9.52 Å². The van der Waals surface area contributed by atoms with Crippen molar-refractivity contribution in [3.63, 3.8) is 0 Å². The van der Waals surface area contributed by atoms with Gasteiger partial charge in [-0.3, -0.25) is 0 Å². The summed E-state index contributed by atoms with van der Waals surface area (Å²) in [6.45, 7) is 6.89. The molecule has 2 atom stereocenters. The van der Waals surface area contributed by atoms with Gasteiger partial charge in [0.05, 0.1) is 10.7 Å². The van der Waals surface area contributed by atoms with Crippen LogP contribution in [0.3, 0.4) is 0 Å². The van der Waals surface area contributed by atoms with Gasteiger partial charge in [-0.15, -0.1) is 0 Å². The molecule has 0 bridgehead atoms. The SMILES string of the molecule is CC(C)(C)C1CCCC(O)(c2occc2Br)CC1. The van der Waals surface area contributed by atoms with Gasteiger partial charge in [-0.1, -0.05) is 20.8 Å². The molecule has 2 rings (SSSR count). The smallest absolute Gasteiger partial charge is 0.149 e. The number of halogens is 1. The molecule has 3 heteroatoms. The Labute approximate surface area is 118 Å². The van der Waals surface area contributed by atoms with Crippen molar-refractivity contribution in [2.45, 2.75) is 58.5 Å². The molecular weight excluding hydrogens is 292 g/mol. The van der Waals surface area contributed by atoms with Gasteiger partial charge in [0.2, 0.25) is 0 Å². The van der Waals surface area contributed by atoms with Gasteiger partial charge in [-0.05, 0) is 65.4 Å². The second-order valence-corrected chi connectivity index (χ2v) is 7.48. The molecule has 2 nitrogen and oxygen atoms in total. The number of hydrogen-bond donors (Lipinski definition) is 1. The largest absolute Gasteiger partial charge is 0.465 e. The summed E-state index contributed by atoms with van der Waals surface area (Å²) < 4.78 is 6.37. The third-order valence-corrected chi connectivity index (χ3v) is 4.94. The molecule has 18 heavy (non-hydrogen) atoms. The van der Waals surface area contributed by atoms with Gasteiger partial charge in [-0.2, -0.15) is 0 Å². The molecule has 0 radical (unpaired) electrons. The van der Waals surface area contributed by atoms with Gasteiger partial charge in [0, 0.05) is 0 Å². The molecule has 0 aliphatic heterocycles. The summed E-state index contributed by atoms with van der Waals surface area (Å²) in [5.41, 5.74) is -0.464. The Bertz CT molecular complexity index is 405. The Morgan fingerprint density at radius 1 is 1.33 bits per heavy atom. The van der Waals surface area contributed by atoms with Gasteiger partial charge in [0.25, 0.3) is 0 Å². The van der Waals surface area contributed by atoms with E-state index in [9.17, 15) is 5.11 Å². The minimum absolute atomic E-state index is 0.325. The molecule has 0 aromatic carbocycles. The molecule has 1 fully saturated rings. The van der Waals surface area contributed by atoms with Crippen molar-refractivity contribution in [3.8, 4) is 0 Å². The lowest BCUT2D eigenvalue weighted by Crippen LogP contribution is -2.25. The van der Waals surface area contributed by atoms with Crippen LogP contribution in [0.5, 0.6) is 0 Å². The first kappa shape index (κ1) is 14.1. The Morgan fingerprint density at radius 3 is 2.61 bits per heavy atom. The maximum Gasteiger partial charge on any atom is 0.149 e. The van der Waals surface area contributed by atoms with Crippen molar-refractivity contribution in [1.29, 1.82) is 0 Å². The minimum Gasteiger partial charge on any atom is -0.465 e. The highest BCUT2D eigenvalue weighted by Gasteiger charge is 2.38. The lowest BCUT2D eigenvalue weighted by atomic mass is 9.76. The van der Waals surface area contributed by atoms with Crippen LogP contribution in [0, 0.1) is 11.3 Å². The number of furan rings is 1. The lowest BCUT2D eigenvalue weighted by molar-refractivity contribution is -0.00337. The Balaban J connectivity index is 2.16. The van der Waals surface area contributed by atoms with E-state index in [-0.39, 0.29) is 0 Å². The fourth-order valence-electron chi connectivity index (χ4n) is 3.04. The van der Waals surface area contributed by atoms with Crippen LogP contribution in [0.1, 0.15) is 58.6 Å². The standard InChI is InChI=1S/C15H23BrO2/c1-14(2,3)11-5-4-8-15(17,9-6-11)13-12(16)7-10-18-13/h7,10-11,17H,4-6,8-9H2,1-3H3. The third-order valence-electron chi connectivity index (χ3n) is 4.31. The highest BCUT2D eigenvalue weighted by atomic mass is 79.9. The fraction of sp³-hybridized carbons (Fsp3) is 0.733. The molecule has 0 amide bonds. The summed E-state index contributed by atoms with van der Waals surface area (Å²) in [5, 5.41) is 10.9. The quantitative estimate of drug-likeness (QED) is 0.751. The first-order valence-corrected chi connectivity index (χ1v) is 7.58. The van der Waals surface area contributed by atoms with Crippen molar-refractivity contribution in [3.05, 3.63) is 22.6 Å². The molecule has 0 saturated heterocycles. The molecule has 1 aromatic heterocycles. The van der Waals surface area contributed by atoms with Crippen LogP contribution in [-0.4, -0.2) is 5.11 Å². The van der Waals surface area contributed by atoms with E-state index in [0.717, 1.165) is 30.2 Å². The van der Waals surface area contributed by atoms with Crippen molar-refractivity contribution in [2.24, 2.45) is 11.3 Å². The molecule has 1 N–H and O–H groups in total. The van der Waals surface area contributed by atoms with Gasteiger partial charge in [0.15, 0.2) is 0 Å². The zero-order valence-corrected chi connectivity index (χ0v) is 13.1. The summed E-state index contributed by atoms with van der Waals surface area (Å²) in [6, 6.07) is 1.86. The van der Waals surface area contributed by atoms with Crippen LogP contribution in [0.2, 0.25) is 0 Å². The maximum absolute atomic E-state index is 10.9. The maximum atomic E-state index is 10.9. The predicted molar refractivity (Wildman–Crippen MR) is 76.3 cm³/mol. The zero-order chi connectivity index (χ0) is 13.4. The van der Waals surface area contributed by atoms with E-state index in [1.54, 1.807) is 6.26 Å². The highest BCUT2D eigenvalue weighted by Crippen LogP contribution is 2.45. The van der Waals surface area contributed by atoms with E-state index in [1.165, 1.54) is 6.42 Å². The Morgan fingerprint density at radius 2 is 2.06 bits per heavy atom. The minimum atomic E-state index is -0.789. The average Bonchev–Trinajstić information content (AvgIpc) is 2.57. The Hall–Kier alpha value is -0.280. The monoisotopic (exact) mass is 314 g/mol. The third kappa shape index (κ3) is 2.83. The zero-order valence-electron chi connectivity index (χ0n) is 11.5. The molecule has 1 aliphatic carbocycles. The number of rotatable bonds is 1. The number of hydrogen-bond acceptors (Lipinski definition) is 2. The average molecular weight is 315 g/mol. The molecule has 1 aliphatic rings. The topological polar surface area (TPSA) is 33.4 Å². The molecule has 2 unspecified atom stereocenters. The van der Waals surface area contributed by atoms with E-state index in [1.807, 2.05) is 6.07 Å². The van der Waals surface area contributed by atoms with Gasteiger partial charge in [0.1, 0.15) is 11.4 Å². The Kier molecular flexibility index (Phi) is 3.93. The van der Waals surface area contributed by atoms with E-state index < -0.39 is 5.60 Å². The highest BCUT2D eigenvalue weighted by molar-refractivity contribution is 9.10. The summed E-state index contributed by atoms with van der Waals surface area (Å²) in [7, 11) is 0. The van der Waals surface area contributed by atoms with E-state index >= 15 is 0 Å². The van der Waals surface area contributed by atoms with Crippen molar-refractivity contribution >= 4 is 15.9 Å². The predicted octanol–water partition coefficient (Wildman–Crippen LogP) is 4.86. The summed E-state index contributed by atoms with van der Waals surface area (Å²) >= 11 is 3.46. The molecular formula is C15H23BrO2. The molecule has 1 heterocycles. The van der Waals surface area contributed by atoms with Crippen LogP contribution in [-0.2, 0) is 5.60 Å². The number of aliphatic hydroxyl groups is 1. The van der Waals surface area contributed by atoms with Crippen LogP contribution < -0.4 is 0 Å². The van der Waals surface area contributed by atoms with Crippen molar-refractivity contribution in [1.82, 2.24) is 0 Å². The van der Waals surface area contributed by atoms with Crippen LogP contribution in [0.15, 0.2) is 21.2 Å². The van der Waals surface area contributed by atoms with Crippen LogP contribution in [0.4, 0.5) is 0 Å².